The molecule has 5 nitrogen and oxygen atoms in total. The van der Waals surface area contributed by atoms with E-state index in [2.05, 4.69) is 9.97 Å². The summed E-state index contributed by atoms with van der Waals surface area (Å²) in [6.07, 6.45) is 1.68. The smallest absolute Gasteiger partial charge is 0.162 e. The zero-order valence-electron chi connectivity index (χ0n) is 12.9. The first kappa shape index (κ1) is 14.3. The number of hydrogen-bond donors (Lipinski definition) is 2. The van der Waals surface area contributed by atoms with Crippen LogP contribution in [0.25, 0.3) is 22.6 Å². The molecule has 24 heavy (non-hydrogen) atoms. The van der Waals surface area contributed by atoms with E-state index in [0.717, 1.165) is 5.56 Å². The number of phenols is 1. The lowest BCUT2D eigenvalue weighted by molar-refractivity contribution is 0.476. The molecule has 0 fully saturated rings. The molecule has 0 aliphatic rings. The van der Waals surface area contributed by atoms with Gasteiger partial charge in [0.2, 0.25) is 0 Å². The number of aromatic nitrogens is 3. The van der Waals surface area contributed by atoms with Crippen molar-refractivity contribution in [2.75, 3.05) is 5.73 Å². The van der Waals surface area contributed by atoms with Gasteiger partial charge < -0.3 is 15.4 Å². The van der Waals surface area contributed by atoms with E-state index >= 15 is 0 Å². The van der Waals surface area contributed by atoms with Crippen LogP contribution in [0.3, 0.4) is 0 Å². The van der Waals surface area contributed by atoms with Gasteiger partial charge >= 0.3 is 0 Å². The van der Waals surface area contributed by atoms with Gasteiger partial charge in [-0.1, -0.05) is 42.5 Å². The van der Waals surface area contributed by atoms with E-state index in [0.29, 0.717) is 34.8 Å². The Kier molecular flexibility index (Phi) is 3.39. The van der Waals surface area contributed by atoms with Crippen molar-refractivity contribution in [3.8, 4) is 17.1 Å². The molecule has 3 N–H and O–H groups in total. The van der Waals surface area contributed by atoms with Gasteiger partial charge in [0.05, 0.1) is 17.8 Å². The maximum atomic E-state index is 10.2. The first-order chi connectivity index (χ1) is 11.7. The van der Waals surface area contributed by atoms with Gasteiger partial charge in [0.15, 0.2) is 5.65 Å². The molecule has 2 aromatic heterocycles. The topological polar surface area (TPSA) is 77.0 Å². The Hall–Kier alpha value is -3.34. The van der Waals surface area contributed by atoms with E-state index in [9.17, 15) is 5.11 Å². The van der Waals surface area contributed by atoms with Crippen molar-refractivity contribution in [3.05, 3.63) is 72.4 Å². The maximum Gasteiger partial charge on any atom is 0.162 e. The Balaban J connectivity index is 1.97. The minimum absolute atomic E-state index is 0.181. The zero-order chi connectivity index (χ0) is 16.5. The molecule has 0 spiro atoms. The number of phenolic OH excluding ortho intramolecular Hbond substituents is 1. The molecule has 0 aliphatic carbocycles. The number of para-hydroxylation sites is 1. The Labute approximate surface area is 139 Å². The van der Waals surface area contributed by atoms with Gasteiger partial charge in [0, 0.05) is 6.20 Å². The lowest BCUT2D eigenvalue weighted by atomic mass is 10.1. The third-order valence-corrected chi connectivity index (χ3v) is 3.99. The van der Waals surface area contributed by atoms with Gasteiger partial charge in [-0.3, -0.25) is 0 Å². The lowest BCUT2D eigenvalue weighted by Gasteiger charge is -2.10. The van der Waals surface area contributed by atoms with Crippen LogP contribution in [0.5, 0.6) is 5.75 Å². The second-order valence-electron chi connectivity index (χ2n) is 5.60. The van der Waals surface area contributed by atoms with Crippen LogP contribution in [-0.2, 0) is 6.54 Å². The molecule has 2 heterocycles. The van der Waals surface area contributed by atoms with Gasteiger partial charge in [-0.15, -0.1) is 0 Å². The monoisotopic (exact) mass is 316 g/mol. The van der Waals surface area contributed by atoms with E-state index in [1.807, 2.05) is 47.0 Å². The molecule has 0 aliphatic heterocycles. The summed E-state index contributed by atoms with van der Waals surface area (Å²) < 4.78 is 1.98. The molecular formula is C19H16N4O. The highest BCUT2D eigenvalue weighted by Gasteiger charge is 2.17. The second-order valence-corrected chi connectivity index (χ2v) is 5.60. The highest BCUT2D eigenvalue weighted by atomic mass is 16.3. The fraction of sp³-hybridized carbons (Fsp3) is 0.0526. The van der Waals surface area contributed by atoms with Crippen molar-refractivity contribution in [2.24, 2.45) is 0 Å². The van der Waals surface area contributed by atoms with Crippen LogP contribution in [0, 0.1) is 0 Å². The number of fused-ring (bicyclic) bond motifs is 1. The van der Waals surface area contributed by atoms with Crippen molar-refractivity contribution >= 4 is 16.9 Å². The van der Waals surface area contributed by atoms with Crippen LogP contribution in [0.1, 0.15) is 5.56 Å². The summed E-state index contributed by atoms with van der Waals surface area (Å²) in [7, 11) is 0. The van der Waals surface area contributed by atoms with Gasteiger partial charge in [-0.2, -0.15) is 0 Å². The highest BCUT2D eigenvalue weighted by Crippen LogP contribution is 2.32. The molecule has 118 valence electrons. The van der Waals surface area contributed by atoms with Crippen LogP contribution in [0.2, 0.25) is 0 Å². The summed E-state index contributed by atoms with van der Waals surface area (Å²) >= 11 is 0. The zero-order valence-corrected chi connectivity index (χ0v) is 12.9. The van der Waals surface area contributed by atoms with Crippen molar-refractivity contribution in [2.45, 2.75) is 6.54 Å². The second kappa shape index (κ2) is 5.70. The van der Waals surface area contributed by atoms with Crippen molar-refractivity contribution in [3.63, 3.8) is 0 Å². The van der Waals surface area contributed by atoms with Crippen LogP contribution in [-0.4, -0.2) is 19.6 Å². The van der Waals surface area contributed by atoms with Gasteiger partial charge in [-0.25, -0.2) is 9.97 Å². The van der Waals surface area contributed by atoms with Gasteiger partial charge in [-0.05, 0) is 23.8 Å². The molecule has 2 aromatic carbocycles. The molecule has 0 saturated carbocycles. The number of rotatable bonds is 3. The third kappa shape index (κ3) is 2.36. The number of imidazole rings is 1. The summed E-state index contributed by atoms with van der Waals surface area (Å²) in [4.78, 5) is 9.11. The molecule has 0 unspecified atom stereocenters. The molecule has 0 radical (unpaired) electrons. The van der Waals surface area contributed by atoms with Gasteiger partial charge in [0.1, 0.15) is 17.1 Å². The van der Waals surface area contributed by atoms with E-state index < -0.39 is 0 Å². The van der Waals surface area contributed by atoms with Crippen LogP contribution >= 0.6 is 0 Å². The largest absolute Gasteiger partial charge is 0.507 e. The highest BCUT2D eigenvalue weighted by molar-refractivity contribution is 5.88. The fourth-order valence-electron chi connectivity index (χ4n) is 2.82. The summed E-state index contributed by atoms with van der Waals surface area (Å²) in [5.41, 5.74) is 9.77. The minimum Gasteiger partial charge on any atom is -0.507 e. The molecule has 0 atom stereocenters. The number of nitrogens with zero attached hydrogens (tertiary/aromatic N) is 3. The molecule has 4 aromatic rings. The van der Waals surface area contributed by atoms with Crippen molar-refractivity contribution < 1.29 is 5.11 Å². The van der Waals surface area contributed by atoms with E-state index in [-0.39, 0.29) is 5.75 Å². The van der Waals surface area contributed by atoms with Crippen LogP contribution in [0.15, 0.2) is 66.9 Å². The number of aromatic hydroxyl groups is 1. The number of benzene rings is 2. The Morgan fingerprint density at radius 2 is 1.71 bits per heavy atom. The Morgan fingerprint density at radius 1 is 0.958 bits per heavy atom. The number of hydrogen-bond acceptors (Lipinski definition) is 4. The van der Waals surface area contributed by atoms with Crippen molar-refractivity contribution in [1.29, 1.82) is 0 Å². The predicted octanol–water partition coefficient (Wildman–Crippen LogP) is 3.43. The summed E-state index contributed by atoms with van der Waals surface area (Å²) in [5.74, 6) is 0.832. The molecule has 0 saturated heterocycles. The van der Waals surface area contributed by atoms with E-state index in [1.165, 1.54) is 0 Å². The number of anilines is 1. The normalized spacial score (nSPS) is 11.0. The van der Waals surface area contributed by atoms with Crippen LogP contribution < -0.4 is 5.73 Å². The number of nitrogen functional groups attached to an aromatic ring is 1. The SMILES string of the molecule is Nc1ccnc2c1nc(-c1ccccc1O)n2Cc1ccccc1. The Morgan fingerprint density at radius 3 is 2.50 bits per heavy atom. The first-order valence-electron chi connectivity index (χ1n) is 7.67. The molecule has 5 heteroatoms. The number of nitrogens with two attached hydrogens (primary N) is 1. The number of pyridine rings is 1. The molecule has 0 bridgehead atoms. The standard InChI is InChI=1S/C19H16N4O/c20-15-10-11-21-19-17(15)22-18(14-8-4-5-9-16(14)24)23(19)12-13-6-2-1-3-7-13/h1-11,24H,12H2,(H2,20,21). The summed E-state index contributed by atoms with van der Waals surface area (Å²) in [5, 5.41) is 10.2. The molecular weight excluding hydrogens is 300 g/mol. The average Bonchev–Trinajstić information content (AvgIpc) is 2.96. The summed E-state index contributed by atoms with van der Waals surface area (Å²) in [6, 6.07) is 19.0. The van der Waals surface area contributed by atoms with E-state index in [1.54, 1.807) is 24.4 Å². The summed E-state index contributed by atoms with van der Waals surface area (Å²) in [6.45, 7) is 0.595. The minimum atomic E-state index is 0.181. The van der Waals surface area contributed by atoms with Crippen molar-refractivity contribution in [1.82, 2.24) is 14.5 Å². The quantitative estimate of drug-likeness (QED) is 0.607. The molecule has 4 rings (SSSR count). The lowest BCUT2D eigenvalue weighted by Crippen LogP contribution is -2.03. The fourth-order valence-corrected chi connectivity index (χ4v) is 2.82. The molecule has 0 amide bonds. The van der Waals surface area contributed by atoms with Gasteiger partial charge in [0.25, 0.3) is 0 Å². The predicted molar refractivity (Wildman–Crippen MR) is 94.6 cm³/mol. The van der Waals surface area contributed by atoms with Crippen LogP contribution in [0.4, 0.5) is 5.69 Å². The Bertz CT molecular complexity index is 1010. The van der Waals surface area contributed by atoms with E-state index in [4.69, 9.17) is 5.73 Å². The maximum absolute atomic E-state index is 10.2. The first-order valence-corrected chi connectivity index (χ1v) is 7.67. The average molecular weight is 316 g/mol. The third-order valence-electron chi connectivity index (χ3n) is 3.99.